The molecule has 310 valence electrons. The Morgan fingerprint density at radius 1 is 0.862 bits per heavy atom. The number of hydrogen-bond acceptors (Lipinski definition) is 6. The summed E-state index contributed by atoms with van der Waals surface area (Å²) in [4.78, 5) is 71.1. The largest absolute Gasteiger partial charge is 0.397 e. The van der Waals surface area contributed by atoms with Gasteiger partial charge in [-0.3, -0.25) is 24.0 Å². The Balaban J connectivity index is 1.29. The molecule has 3 aromatic carbocycles. The predicted molar refractivity (Wildman–Crippen MR) is 231 cm³/mol. The van der Waals surface area contributed by atoms with Crippen LogP contribution in [0.1, 0.15) is 98.5 Å². The van der Waals surface area contributed by atoms with Crippen LogP contribution in [0.2, 0.25) is 5.04 Å². The number of carbonyl (C=O) groups is 5. The highest BCUT2D eigenvalue weighted by Crippen LogP contribution is 2.38. The summed E-state index contributed by atoms with van der Waals surface area (Å²) in [5.74, 6) is -1.69. The van der Waals surface area contributed by atoms with Crippen molar-refractivity contribution in [1.29, 1.82) is 0 Å². The molecule has 2 aliphatic heterocycles. The van der Waals surface area contributed by atoms with Crippen LogP contribution in [0.4, 0.5) is 0 Å². The first-order valence-electron chi connectivity index (χ1n) is 21.0. The van der Waals surface area contributed by atoms with Crippen molar-refractivity contribution in [2.45, 2.75) is 134 Å². The van der Waals surface area contributed by atoms with Gasteiger partial charge in [0.25, 0.3) is 8.32 Å². The van der Waals surface area contributed by atoms with Gasteiger partial charge in [-0.25, -0.2) is 0 Å². The van der Waals surface area contributed by atoms with Gasteiger partial charge in [0.15, 0.2) is 5.78 Å². The maximum atomic E-state index is 14.0. The van der Waals surface area contributed by atoms with Gasteiger partial charge in [0, 0.05) is 6.54 Å². The fraction of sp³-hybridized carbons (Fsp3) is 0.468. The molecule has 0 bridgehead atoms. The normalized spacial score (nSPS) is 22.7. The lowest BCUT2D eigenvalue weighted by Gasteiger charge is -2.44. The first-order valence-corrected chi connectivity index (χ1v) is 22.9. The smallest absolute Gasteiger partial charge is 0.262 e. The van der Waals surface area contributed by atoms with Crippen LogP contribution in [0.3, 0.4) is 0 Å². The Morgan fingerprint density at radius 2 is 1.47 bits per heavy atom. The van der Waals surface area contributed by atoms with Crippen LogP contribution < -0.4 is 26.3 Å². The monoisotopic (exact) mass is 806 g/mol. The lowest BCUT2D eigenvalue weighted by Crippen LogP contribution is -2.68. The minimum Gasteiger partial charge on any atom is -0.397 e. The van der Waals surface area contributed by atoms with E-state index in [0.29, 0.717) is 51.5 Å². The number of aryl methyl sites for hydroxylation is 1. The number of hydrogen-bond donors (Lipinski definition) is 3. The Morgan fingerprint density at radius 3 is 2.03 bits per heavy atom. The molecule has 2 heterocycles. The maximum Gasteiger partial charge on any atom is 0.262 e. The maximum absolute atomic E-state index is 14.0. The molecule has 10 nitrogen and oxygen atoms in total. The average Bonchev–Trinajstić information content (AvgIpc) is 3.72. The van der Waals surface area contributed by atoms with Crippen LogP contribution in [-0.4, -0.2) is 78.9 Å². The van der Waals surface area contributed by atoms with E-state index in [1.54, 1.807) is 24.8 Å². The van der Waals surface area contributed by atoms with Gasteiger partial charge in [0.2, 0.25) is 23.6 Å². The second kappa shape index (κ2) is 19.7. The predicted octanol–water partition coefficient (Wildman–Crippen LogP) is 5.53. The van der Waals surface area contributed by atoms with Crippen molar-refractivity contribution in [3.05, 3.63) is 109 Å². The summed E-state index contributed by atoms with van der Waals surface area (Å²) >= 11 is 0. The molecule has 2 fully saturated rings. The van der Waals surface area contributed by atoms with Gasteiger partial charge >= 0.3 is 0 Å². The number of ketones is 1. The molecule has 3 aromatic rings. The number of nitrogens with one attached hydrogen (secondary N) is 3. The van der Waals surface area contributed by atoms with E-state index in [1.165, 1.54) is 0 Å². The van der Waals surface area contributed by atoms with E-state index >= 15 is 0 Å². The first kappa shape index (κ1) is 44.2. The minimum absolute atomic E-state index is 0.120. The molecule has 0 radical (unpaired) electrons. The molecule has 0 saturated carbocycles. The summed E-state index contributed by atoms with van der Waals surface area (Å²) < 4.78 is 7.13. The molecule has 5 atom stereocenters. The van der Waals surface area contributed by atoms with Crippen LogP contribution >= 0.6 is 0 Å². The Bertz CT molecular complexity index is 1860. The minimum atomic E-state index is -2.96. The highest BCUT2D eigenvalue weighted by Gasteiger charge is 2.52. The molecule has 2 aliphatic rings. The Hall–Kier alpha value is -4.87. The fourth-order valence-corrected chi connectivity index (χ4v) is 13.0. The number of fused-ring (bicyclic) bond motifs is 1. The van der Waals surface area contributed by atoms with Crippen LogP contribution in [0.5, 0.6) is 0 Å². The zero-order valence-corrected chi connectivity index (χ0v) is 36.1. The lowest BCUT2D eigenvalue weighted by atomic mass is 9.94. The van der Waals surface area contributed by atoms with Crippen molar-refractivity contribution < 1.29 is 28.4 Å². The Kier molecular flexibility index (Phi) is 15.0. The van der Waals surface area contributed by atoms with E-state index in [4.69, 9.17) is 4.43 Å². The number of unbranched alkanes of at least 4 members (excludes halogenated alkanes) is 1. The number of amides is 4. The summed E-state index contributed by atoms with van der Waals surface area (Å²) in [5.41, 5.74) is -0.282. The molecule has 0 unspecified atom stereocenters. The van der Waals surface area contributed by atoms with Crippen molar-refractivity contribution in [2.75, 3.05) is 6.54 Å². The third kappa shape index (κ3) is 10.2. The highest BCUT2D eigenvalue weighted by molar-refractivity contribution is 6.99. The zero-order valence-electron chi connectivity index (χ0n) is 35.1. The molecule has 2 saturated heterocycles. The molecular formula is C47H62N4O6Si. The lowest BCUT2D eigenvalue weighted by molar-refractivity contribution is -0.144. The topological polar surface area (TPSA) is 134 Å². The van der Waals surface area contributed by atoms with Crippen molar-refractivity contribution >= 4 is 48.1 Å². The quantitative estimate of drug-likeness (QED) is 0.105. The second-order valence-corrected chi connectivity index (χ2v) is 21.1. The van der Waals surface area contributed by atoms with E-state index in [-0.39, 0.29) is 35.5 Å². The standard InChI is InChI=1S/C47H62N4O6Si/c1-7-41(57-58(46(3,4)5,35-24-15-10-16-25-35)36-26-17-11-18-27-36)40(52)30-20-12-19-28-37-42(53)50-47(6,8-2)45(56)49-38(32-31-34-22-13-9-14-23-34)44(55)51-33-21-29-39(51)43(54)48-37/h9-11,13-18,20,22-27,30,37-39,41H,7-8,12,19,21,28-29,31-33H2,1-6H3,(H,48,54)(H,49,56)(H,50,53)/b30-20+/t37-,38-,39+,41+,47-/m0/s1. The third-order valence-electron chi connectivity index (χ3n) is 11.8. The van der Waals surface area contributed by atoms with Gasteiger partial charge in [0.1, 0.15) is 29.8 Å². The van der Waals surface area contributed by atoms with Crippen molar-refractivity contribution in [3.63, 3.8) is 0 Å². The number of rotatable bonds is 15. The third-order valence-corrected chi connectivity index (χ3v) is 16.9. The molecule has 3 N–H and O–H groups in total. The fourth-order valence-electron chi connectivity index (χ4n) is 8.23. The van der Waals surface area contributed by atoms with E-state index < -0.39 is 49.9 Å². The molecule has 0 aliphatic carbocycles. The summed E-state index contributed by atoms with van der Waals surface area (Å²) in [6, 6.07) is 27.7. The van der Waals surface area contributed by atoms with Gasteiger partial charge in [-0.15, -0.1) is 0 Å². The van der Waals surface area contributed by atoms with Gasteiger partial charge in [-0.05, 0) is 91.8 Å². The summed E-state index contributed by atoms with van der Waals surface area (Å²) in [7, 11) is -2.96. The van der Waals surface area contributed by atoms with Gasteiger partial charge in [-0.2, -0.15) is 0 Å². The van der Waals surface area contributed by atoms with Gasteiger partial charge < -0.3 is 25.3 Å². The van der Waals surface area contributed by atoms with Gasteiger partial charge in [0.05, 0.1) is 0 Å². The van der Waals surface area contributed by atoms with E-state index in [0.717, 1.165) is 15.9 Å². The first-order chi connectivity index (χ1) is 27.7. The number of benzene rings is 3. The molecule has 4 amide bonds. The van der Waals surface area contributed by atoms with Crippen molar-refractivity contribution in [2.24, 2.45) is 0 Å². The van der Waals surface area contributed by atoms with E-state index in [9.17, 15) is 24.0 Å². The van der Waals surface area contributed by atoms with Crippen molar-refractivity contribution in [3.8, 4) is 0 Å². The zero-order chi connectivity index (χ0) is 41.9. The molecule has 11 heteroatoms. The van der Waals surface area contributed by atoms with Crippen LogP contribution in [0.15, 0.2) is 103 Å². The molecule has 5 rings (SSSR count). The van der Waals surface area contributed by atoms with E-state index in [1.807, 2.05) is 79.7 Å². The van der Waals surface area contributed by atoms with Crippen LogP contribution in [-0.2, 0) is 34.8 Å². The summed E-state index contributed by atoms with van der Waals surface area (Å²) in [6.45, 7) is 12.4. The molecule has 0 aromatic heterocycles. The second-order valence-electron chi connectivity index (χ2n) is 16.9. The molecular weight excluding hydrogens is 745 g/mol. The summed E-state index contributed by atoms with van der Waals surface area (Å²) in [5, 5.41) is 10.7. The highest BCUT2D eigenvalue weighted by atomic mass is 28.4. The summed E-state index contributed by atoms with van der Waals surface area (Å²) in [6.07, 6.45) is 6.77. The van der Waals surface area contributed by atoms with E-state index in [2.05, 4.69) is 61.0 Å². The van der Waals surface area contributed by atoms with Crippen molar-refractivity contribution in [1.82, 2.24) is 20.9 Å². The number of nitrogens with zero attached hydrogens (tertiary/aromatic N) is 1. The SMILES string of the molecule is CC[C@@H](O[Si](c1ccccc1)(c1ccccc1)C(C)(C)C)C(=O)/C=C/CCC[C@@H]1NC(=O)[C@H]2CCCN2C(=O)[C@H](CCc2ccccc2)NC(=O)[C@](C)(CC)NC1=O. The Labute approximate surface area is 345 Å². The molecule has 0 spiro atoms. The average molecular weight is 807 g/mol. The number of allylic oxidation sites excluding steroid dienone is 1. The number of carbonyl (C=O) groups excluding carboxylic acids is 5. The van der Waals surface area contributed by atoms with Gasteiger partial charge in [-0.1, -0.05) is 132 Å². The van der Waals surface area contributed by atoms with Crippen LogP contribution in [0, 0.1) is 0 Å². The van der Waals surface area contributed by atoms with Crippen LogP contribution in [0.25, 0.3) is 0 Å². The molecule has 58 heavy (non-hydrogen) atoms.